The van der Waals surface area contributed by atoms with Crippen molar-refractivity contribution in [1.82, 2.24) is 15.0 Å². The molecule has 1 fully saturated rings. The minimum absolute atomic E-state index is 0.495. The van der Waals surface area contributed by atoms with Crippen LogP contribution in [0, 0.1) is 6.92 Å². The van der Waals surface area contributed by atoms with Gasteiger partial charge >= 0.3 is 0 Å². The van der Waals surface area contributed by atoms with Crippen LogP contribution in [-0.2, 0) is 5.60 Å². The Morgan fingerprint density at radius 1 is 1.12 bits per heavy atom. The summed E-state index contributed by atoms with van der Waals surface area (Å²) in [4.78, 5) is 13.8. The molecule has 0 saturated heterocycles. The second-order valence-electron chi connectivity index (χ2n) is 6.35. The van der Waals surface area contributed by atoms with Crippen LogP contribution in [0.15, 0.2) is 36.8 Å². The van der Waals surface area contributed by atoms with Gasteiger partial charge in [-0.25, -0.2) is 15.0 Å². The molecule has 1 aromatic carbocycles. The number of nitrogens with zero attached hydrogens (tertiary/aromatic N) is 3. The van der Waals surface area contributed by atoms with Crippen molar-refractivity contribution in [2.24, 2.45) is 0 Å². The standard InChI is InChI=1S/C18H17ClN4OS/c1-11-5-12(15-10-20-16(25-15)18(24)3-2-4-18)7-14(6-11)23-17-21-8-13(19)9-22-17/h5-10,24H,2-4H2,1H3,(H,21,22,23). The summed E-state index contributed by atoms with van der Waals surface area (Å²) in [5, 5.41) is 15.0. The summed E-state index contributed by atoms with van der Waals surface area (Å²) in [6, 6.07) is 6.17. The van der Waals surface area contributed by atoms with E-state index in [2.05, 4.69) is 26.3 Å². The molecule has 1 aliphatic carbocycles. The first-order valence-corrected chi connectivity index (χ1v) is 9.27. The molecule has 1 aliphatic rings. The quantitative estimate of drug-likeness (QED) is 0.695. The number of aromatic nitrogens is 3. The molecule has 0 aliphatic heterocycles. The maximum atomic E-state index is 10.5. The Morgan fingerprint density at radius 2 is 1.88 bits per heavy atom. The highest BCUT2D eigenvalue weighted by Gasteiger charge is 2.39. The van der Waals surface area contributed by atoms with E-state index in [1.165, 1.54) is 0 Å². The van der Waals surface area contributed by atoms with E-state index in [1.807, 2.05) is 25.3 Å². The number of rotatable bonds is 4. The van der Waals surface area contributed by atoms with Gasteiger partial charge < -0.3 is 10.4 Å². The number of halogens is 1. The van der Waals surface area contributed by atoms with Crippen LogP contribution in [0.2, 0.25) is 5.02 Å². The highest BCUT2D eigenvalue weighted by Crippen LogP contribution is 2.44. The van der Waals surface area contributed by atoms with Crippen molar-refractivity contribution in [3.8, 4) is 10.4 Å². The Morgan fingerprint density at radius 3 is 2.56 bits per heavy atom. The van der Waals surface area contributed by atoms with Crippen LogP contribution < -0.4 is 5.32 Å². The molecule has 2 heterocycles. The average Bonchev–Trinajstić information content (AvgIpc) is 3.05. The minimum Gasteiger partial charge on any atom is -0.383 e. The summed E-state index contributed by atoms with van der Waals surface area (Å²) >= 11 is 7.38. The SMILES string of the molecule is Cc1cc(Nc2ncc(Cl)cn2)cc(-c2cnc(C3(O)CCC3)s2)c1. The van der Waals surface area contributed by atoms with Gasteiger partial charge in [0.15, 0.2) is 0 Å². The fourth-order valence-electron chi connectivity index (χ4n) is 2.85. The second-order valence-corrected chi connectivity index (χ2v) is 7.82. The van der Waals surface area contributed by atoms with Gasteiger partial charge in [-0.1, -0.05) is 17.7 Å². The molecule has 2 aromatic heterocycles. The minimum atomic E-state index is -0.717. The topological polar surface area (TPSA) is 70.9 Å². The monoisotopic (exact) mass is 372 g/mol. The molecule has 3 aromatic rings. The summed E-state index contributed by atoms with van der Waals surface area (Å²) in [5.74, 6) is 0.495. The first-order chi connectivity index (χ1) is 12.0. The lowest BCUT2D eigenvalue weighted by Gasteiger charge is -2.34. The van der Waals surface area contributed by atoms with E-state index in [1.54, 1.807) is 23.7 Å². The van der Waals surface area contributed by atoms with Crippen molar-refractivity contribution in [3.63, 3.8) is 0 Å². The molecule has 1 saturated carbocycles. The van der Waals surface area contributed by atoms with Gasteiger partial charge in [0, 0.05) is 11.9 Å². The van der Waals surface area contributed by atoms with Crippen LogP contribution in [0.3, 0.4) is 0 Å². The van der Waals surface area contributed by atoms with Crippen molar-refractivity contribution >= 4 is 34.6 Å². The Kier molecular flexibility index (Phi) is 4.19. The van der Waals surface area contributed by atoms with Crippen molar-refractivity contribution in [2.75, 3.05) is 5.32 Å². The molecule has 0 atom stereocenters. The van der Waals surface area contributed by atoms with E-state index in [0.29, 0.717) is 11.0 Å². The van der Waals surface area contributed by atoms with Gasteiger partial charge in [-0.2, -0.15) is 0 Å². The molecule has 0 unspecified atom stereocenters. The van der Waals surface area contributed by atoms with E-state index >= 15 is 0 Å². The third-order valence-corrected chi connectivity index (χ3v) is 5.76. The molecule has 0 radical (unpaired) electrons. The highest BCUT2D eigenvalue weighted by atomic mass is 35.5. The number of benzene rings is 1. The summed E-state index contributed by atoms with van der Waals surface area (Å²) < 4.78 is 0. The van der Waals surface area contributed by atoms with Crippen molar-refractivity contribution < 1.29 is 5.11 Å². The third-order valence-electron chi connectivity index (χ3n) is 4.32. The Hall–Kier alpha value is -2.02. The van der Waals surface area contributed by atoms with Crippen LogP contribution in [-0.4, -0.2) is 20.1 Å². The third kappa shape index (κ3) is 3.38. The first kappa shape index (κ1) is 16.4. The summed E-state index contributed by atoms with van der Waals surface area (Å²) in [6.07, 6.45) is 7.62. The molecule has 0 bridgehead atoms. The van der Waals surface area contributed by atoms with Crippen LogP contribution in [0.25, 0.3) is 10.4 Å². The zero-order valence-electron chi connectivity index (χ0n) is 13.7. The molecule has 0 spiro atoms. The lowest BCUT2D eigenvalue weighted by Crippen LogP contribution is -2.33. The number of aliphatic hydroxyl groups is 1. The summed E-state index contributed by atoms with van der Waals surface area (Å²) in [7, 11) is 0. The number of nitrogens with one attached hydrogen (secondary N) is 1. The first-order valence-electron chi connectivity index (χ1n) is 8.07. The summed E-state index contributed by atoms with van der Waals surface area (Å²) in [6.45, 7) is 2.04. The van der Waals surface area contributed by atoms with E-state index < -0.39 is 5.60 Å². The van der Waals surface area contributed by atoms with Crippen LogP contribution in [0.5, 0.6) is 0 Å². The van der Waals surface area contributed by atoms with Gasteiger partial charge in [0.05, 0.1) is 22.3 Å². The van der Waals surface area contributed by atoms with Gasteiger partial charge in [0.1, 0.15) is 10.6 Å². The fourth-order valence-corrected chi connectivity index (χ4v) is 4.00. The highest BCUT2D eigenvalue weighted by molar-refractivity contribution is 7.15. The molecular formula is C18H17ClN4OS. The molecule has 128 valence electrons. The predicted octanol–water partition coefficient (Wildman–Crippen LogP) is 4.68. The van der Waals surface area contributed by atoms with Crippen molar-refractivity contribution in [3.05, 3.63) is 52.4 Å². The predicted molar refractivity (Wildman–Crippen MR) is 100 cm³/mol. The Labute approximate surface area is 154 Å². The molecule has 2 N–H and O–H groups in total. The lowest BCUT2D eigenvalue weighted by atomic mass is 9.81. The second kappa shape index (κ2) is 6.37. The smallest absolute Gasteiger partial charge is 0.227 e. The fraction of sp³-hybridized carbons (Fsp3) is 0.278. The van der Waals surface area contributed by atoms with E-state index in [4.69, 9.17) is 11.6 Å². The van der Waals surface area contributed by atoms with Gasteiger partial charge in [-0.3, -0.25) is 0 Å². The normalized spacial score (nSPS) is 15.6. The number of hydrogen-bond acceptors (Lipinski definition) is 6. The average molecular weight is 373 g/mol. The number of thiazole rings is 1. The Balaban J connectivity index is 1.62. The maximum absolute atomic E-state index is 10.5. The van der Waals surface area contributed by atoms with Gasteiger partial charge in [-0.15, -0.1) is 11.3 Å². The molecular weight excluding hydrogens is 356 g/mol. The van der Waals surface area contributed by atoms with Gasteiger partial charge in [-0.05, 0) is 49.4 Å². The zero-order valence-corrected chi connectivity index (χ0v) is 15.2. The van der Waals surface area contributed by atoms with Crippen LogP contribution >= 0.6 is 22.9 Å². The number of aryl methyl sites for hydroxylation is 1. The molecule has 7 heteroatoms. The van der Waals surface area contributed by atoms with E-state index in [0.717, 1.165) is 46.0 Å². The zero-order chi connectivity index (χ0) is 17.4. The van der Waals surface area contributed by atoms with Crippen molar-refractivity contribution in [1.29, 1.82) is 0 Å². The number of hydrogen-bond donors (Lipinski definition) is 2. The molecule has 5 nitrogen and oxygen atoms in total. The van der Waals surface area contributed by atoms with Gasteiger partial charge in [0.2, 0.25) is 5.95 Å². The largest absolute Gasteiger partial charge is 0.383 e. The maximum Gasteiger partial charge on any atom is 0.227 e. The van der Waals surface area contributed by atoms with Crippen molar-refractivity contribution in [2.45, 2.75) is 31.8 Å². The van der Waals surface area contributed by atoms with E-state index in [-0.39, 0.29) is 0 Å². The van der Waals surface area contributed by atoms with Gasteiger partial charge in [0.25, 0.3) is 0 Å². The molecule has 4 rings (SSSR count). The Bertz CT molecular complexity index is 906. The summed E-state index contributed by atoms with van der Waals surface area (Å²) in [5.41, 5.74) is 2.36. The van der Waals surface area contributed by atoms with Crippen LogP contribution in [0.4, 0.5) is 11.6 Å². The number of anilines is 2. The lowest BCUT2D eigenvalue weighted by molar-refractivity contribution is -0.0389. The molecule has 0 amide bonds. The van der Waals surface area contributed by atoms with E-state index in [9.17, 15) is 5.11 Å². The molecule has 25 heavy (non-hydrogen) atoms. The van der Waals surface area contributed by atoms with Crippen LogP contribution in [0.1, 0.15) is 29.8 Å².